The molecule has 4 N–H and O–H groups in total. The number of methoxy groups -OCH3 is 1. The Hall–Kier alpha value is -3.21. The van der Waals surface area contributed by atoms with E-state index < -0.39 is 0 Å². The number of phenols is 1. The Morgan fingerprint density at radius 2 is 1.88 bits per heavy atom. The first-order valence-electron chi connectivity index (χ1n) is 8.48. The monoisotopic (exact) mass is 348 g/mol. The number of aromatic hydroxyl groups is 1. The maximum absolute atomic E-state index is 12.8. The van der Waals surface area contributed by atoms with Gasteiger partial charge in [-0.05, 0) is 48.4 Å². The molecule has 26 heavy (non-hydrogen) atoms. The molecule has 1 aliphatic rings. The third-order valence-corrected chi connectivity index (χ3v) is 5.12. The van der Waals surface area contributed by atoms with Crippen LogP contribution in [0.25, 0.3) is 22.2 Å². The molecule has 1 atom stereocenters. The van der Waals surface area contributed by atoms with Gasteiger partial charge in [-0.15, -0.1) is 0 Å². The Morgan fingerprint density at radius 3 is 2.58 bits per heavy atom. The van der Waals surface area contributed by atoms with Crippen LogP contribution in [0.4, 0.5) is 0 Å². The van der Waals surface area contributed by atoms with E-state index in [0.29, 0.717) is 16.4 Å². The van der Waals surface area contributed by atoms with Gasteiger partial charge in [-0.3, -0.25) is 4.79 Å². The summed E-state index contributed by atoms with van der Waals surface area (Å²) >= 11 is 0. The third kappa shape index (κ3) is 2.44. The molecule has 2 aromatic carbocycles. The van der Waals surface area contributed by atoms with Crippen molar-refractivity contribution in [1.82, 2.24) is 4.98 Å². The summed E-state index contributed by atoms with van der Waals surface area (Å²) in [4.78, 5) is 15.6. The number of hydrogen-bond acceptors (Lipinski definition) is 4. The molecule has 0 radical (unpaired) electrons. The van der Waals surface area contributed by atoms with Crippen LogP contribution in [-0.2, 0) is 0 Å². The van der Waals surface area contributed by atoms with E-state index in [2.05, 4.69) is 4.98 Å². The summed E-state index contributed by atoms with van der Waals surface area (Å²) in [7, 11) is 1.63. The fourth-order valence-electron chi connectivity index (χ4n) is 3.83. The van der Waals surface area contributed by atoms with Gasteiger partial charge in [0.15, 0.2) is 0 Å². The number of hydrogen-bond donors (Lipinski definition) is 3. The number of ether oxygens (including phenoxy) is 1. The van der Waals surface area contributed by atoms with Crippen molar-refractivity contribution in [2.24, 2.45) is 5.73 Å². The summed E-state index contributed by atoms with van der Waals surface area (Å²) in [5, 5.41) is 12.0. The number of aromatic amines is 1. The fourth-order valence-corrected chi connectivity index (χ4v) is 3.83. The van der Waals surface area contributed by atoms with E-state index in [0.717, 1.165) is 33.9 Å². The van der Waals surface area contributed by atoms with Gasteiger partial charge in [-0.2, -0.15) is 0 Å². The summed E-state index contributed by atoms with van der Waals surface area (Å²) in [6.45, 7) is 2.04. The average Bonchev–Trinajstić information content (AvgIpc) is 2.63. The van der Waals surface area contributed by atoms with Crippen LogP contribution in [0.5, 0.6) is 11.5 Å². The van der Waals surface area contributed by atoms with Crippen LogP contribution in [-0.4, -0.2) is 17.2 Å². The summed E-state index contributed by atoms with van der Waals surface area (Å²) in [6.07, 6.45) is 0.741. The van der Waals surface area contributed by atoms with E-state index in [1.807, 2.05) is 37.3 Å². The first-order chi connectivity index (χ1) is 12.5. The SMILES string of the molecule is COc1ccc(C2CC(C)=c3c(c(=O)[nH]c4cc(O)ccc34)=C2N)cc1. The number of nitrogens with two attached hydrogens (primary N) is 1. The number of H-pyrrole nitrogens is 1. The molecule has 1 aromatic heterocycles. The Labute approximate surface area is 150 Å². The molecule has 0 saturated carbocycles. The molecule has 0 fully saturated rings. The van der Waals surface area contributed by atoms with Crippen molar-refractivity contribution in [1.29, 1.82) is 0 Å². The van der Waals surface area contributed by atoms with Crippen molar-refractivity contribution >= 4 is 22.2 Å². The summed E-state index contributed by atoms with van der Waals surface area (Å²) in [5.41, 5.74) is 9.60. The number of nitrogens with one attached hydrogen (secondary N) is 1. The van der Waals surface area contributed by atoms with Crippen molar-refractivity contribution < 1.29 is 9.84 Å². The van der Waals surface area contributed by atoms with Gasteiger partial charge in [-0.25, -0.2) is 0 Å². The van der Waals surface area contributed by atoms with Crippen LogP contribution < -0.4 is 26.5 Å². The van der Waals surface area contributed by atoms with E-state index >= 15 is 0 Å². The second-order valence-electron chi connectivity index (χ2n) is 6.70. The second kappa shape index (κ2) is 5.95. The normalized spacial score (nSPS) is 16.6. The van der Waals surface area contributed by atoms with Crippen molar-refractivity contribution in [3.05, 3.63) is 68.8 Å². The number of fused-ring (bicyclic) bond motifs is 3. The third-order valence-electron chi connectivity index (χ3n) is 5.12. The number of aromatic nitrogens is 1. The zero-order valence-electron chi connectivity index (χ0n) is 14.7. The molecule has 1 aliphatic carbocycles. The molecule has 5 nitrogen and oxygen atoms in total. The molecule has 1 heterocycles. The predicted molar refractivity (Wildman–Crippen MR) is 103 cm³/mol. The van der Waals surface area contributed by atoms with Gasteiger partial charge < -0.3 is 20.6 Å². The lowest BCUT2D eigenvalue weighted by Gasteiger charge is -2.23. The van der Waals surface area contributed by atoms with Crippen molar-refractivity contribution in [3.63, 3.8) is 0 Å². The number of pyridine rings is 1. The van der Waals surface area contributed by atoms with E-state index in [1.54, 1.807) is 19.2 Å². The maximum atomic E-state index is 12.8. The smallest absolute Gasteiger partial charge is 0.258 e. The van der Waals surface area contributed by atoms with Crippen LogP contribution in [0.2, 0.25) is 0 Å². The lowest BCUT2D eigenvalue weighted by Crippen LogP contribution is -2.48. The quantitative estimate of drug-likeness (QED) is 0.657. The first kappa shape index (κ1) is 16.3. The molecular formula is C21H20N2O3. The summed E-state index contributed by atoms with van der Waals surface area (Å²) < 4.78 is 5.22. The highest BCUT2D eigenvalue weighted by molar-refractivity contribution is 5.84. The maximum Gasteiger partial charge on any atom is 0.258 e. The lowest BCUT2D eigenvalue weighted by molar-refractivity contribution is 0.414. The van der Waals surface area contributed by atoms with E-state index in [4.69, 9.17) is 10.5 Å². The zero-order valence-corrected chi connectivity index (χ0v) is 14.7. The molecule has 0 spiro atoms. The lowest BCUT2D eigenvalue weighted by atomic mass is 9.83. The predicted octanol–water partition coefficient (Wildman–Crippen LogP) is 1.67. The van der Waals surface area contributed by atoms with Crippen LogP contribution in [0.15, 0.2) is 47.3 Å². The van der Waals surface area contributed by atoms with Gasteiger partial charge in [0.05, 0.1) is 17.8 Å². The molecular weight excluding hydrogens is 328 g/mol. The minimum Gasteiger partial charge on any atom is -0.508 e. The zero-order chi connectivity index (χ0) is 18.4. The number of phenolic OH excluding ortho intramolecular Hbond substituents is 1. The van der Waals surface area contributed by atoms with Crippen LogP contribution >= 0.6 is 0 Å². The number of benzene rings is 2. The Bertz CT molecular complexity index is 1190. The van der Waals surface area contributed by atoms with Crippen molar-refractivity contribution in [2.45, 2.75) is 19.3 Å². The largest absolute Gasteiger partial charge is 0.508 e. The molecule has 5 heteroatoms. The van der Waals surface area contributed by atoms with Gasteiger partial charge in [-0.1, -0.05) is 17.7 Å². The highest BCUT2D eigenvalue weighted by atomic mass is 16.5. The first-order valence-corrected chi connectivity index (χ1v) is 8.48. The van der Waals surface area contributed by atoms with Gasteiger partial charge in [0, 0.05) is 23.1 Å². The molecule has 0 aliphatic heterocycles. The van der Waals surface area contributed by atoms with Gasteiger partial charge >= 0.3 is 0 Å². The molecule has 4 rings (SSSR count). The van der Waals surface area contributed by atoms with E-state index in [9.17, 15) is 9.90 Å². The highest BCUT2D eigenvalue weighted by Gasteiger charge is 2.23. The van der Waals surface area contributed by atoms with Crippen LogP contribution in [0.3, 0.4) is 0 Å². The molecule has 0 bridgehead atoms. The Morgan fingerprint density at radius 1 is 1.15 bits per heavy atom. The summed E-state index contributed by atoms with van der Waals surface area (Å²) in [6, 6.07) is 12.8. The second-order valence-corrected chi connectivity index (χ2v) is 6.70. The topological polar surface area (TPSA) is 88.3 Å². The average molecular weight is 348 g/mol. The minimum atomic E-state index is -0.229. The summed E-state index contributed by atoms with van der Waals surface area (Å²) in [5.74, 6) is 0.853. The highest BCUT2D eigenvalue weighted by Crippen LogP contribution is 2.31. The van der Waals surface area contributed by atoms with E-state index in [1.165, 1.54) is 0 Å². The van der Waals surface area contributed by atoms with Crippen molar-refractivity contribution in [2.75, 3.05) is 7.11 Å². The Kier molecular flexibility index (Phi) is 3.72. The molecule has 0 amide bonds. The van der Waals surface area contributed by atoms with Crippen molar-refractivity contribution in [3.8, 4) is 11.5 Å². The molecule has 3 aromatic rings. The Balaban J connectivity index is 2.02. The van der Waals surface area contributed by atoms with Gasteiger partial charge in [0.25, 0.3) is 5.56 Å². The standard InChI is InChI=1S/C21H20N2O3/c1-11-9-16(12-3-6-14(26-2)7-4-12)20(22)19-18(11)15-8-5-13(24)10-17(15)23-21(19)25/h3-8,10,16,24H,9,22H2,1-2H3,(H,23,25). The van der Waals surface area contributed by atoms with Gasteiger partial charge in [0.2, 0.25) is 0 Å². The van der Waals surface area contributed by atoms with Crippen LogP contribution in [0, 0.1) is 0 Å². The molecule has 0 saturated heterocycles. The van der Waals surface area contributed by atoms with Gasteiger partial charge in [0.1, 0.15) is 11.5 Å². The van der Waals surface area contributed by atoms with E-state index in [-0.39, 0.29) is 17.2 Å². The number of rotatable bonds is 2. The molecule has 1 unspecified atom stereocenters. The fraction of sp³-hybridized carbons (Fsp3) is 0.190. The molecule has 132 valence electrons. The van der Waals surface area contributed by atoms with Crippen LogP contribution in [0.1, 0.15) is 24.8 Å². The minimum absolute atomic E-state index is 0.0518.